The van der Waals surface area contributed by atoms with Gasteiger partial charge in [-0.25, -0.2) is 4.39 Å². The van der Waals surface area contributed by atoms with Gasteiger partial charge in [-0.2, -0.15) is 0 Å². The van der Waals surface area contributed by atoms with Gasteiger partial charge in [-0.1, -0.05) is 12.1 Å². The second kappa shape index (κ2) is 5.23. The van der Waals surface area contributed by atoms with Crippen molar-refractivity contribution < 1.29 is 9.18 Å². The summed E-state index contributed by atoms with van der Waals surface area (Å²) in [6.45, 7) is 2.40. The number of benzene rings is 1. The van der Waals surface area contributed by atoms with Crippen LogP contribution in [0.15, 0.2) is 30.5 Å². The van der Waals surface area contributed by atoms with E-state index in [0.29, 0.717) is 18.0 Å². The Morgan fingerprint density at radius 1 is 1.27 bits per heavy atom. The number of halogens is 1. The summed E-state index contributed by atoms with van der Waals surface area (Å²) in [5, 5.41) is 3.78. The zero-order valence-electron chi connectivity index (χ0n) is 12.3. The summed E-state index contributed by atoms with van der Waals surface area (Å²) in [4.78, 5) is 18.5. The van der Waals surface area contributed by atoms with Gasteiger partial charge < -0.3 is 10.2 Å². The van der Waals surface area contributed by atoms with Crippen molar-refractivity contribution in [2.24, 2.45) is 11.8 Å². The number of hydrogen-bond donors (Lipinski definition) is 1. The minimum Gasteiger partial charge on any atom is -0.370 e. The smallest absolute Gasteiger partial charge is 0.225 e. The number of nitrogens with one attached hydrogen (secondary N) is 1. The molecule has 2 aromatic rings. The third kappa shape index (κ3) is 2.12. The third-order valence-corrected chi connectivity index (χ3v) is 4.95. The molecule has 2 atom stereocenters. The Balaban J connectivity index is 1.71. The molecular weight excluding hydrogens is 281 g/mol. The van der Waals surface area contributed by atoms with Gasteiger partial charge in [-0.3, -0.25) is 9.78 Å². The average Bonchev–Trinajstić information content (AvgIpc) is 2.55. The second-order valence-corrected chi connectivity index (χ2v) is 6.15. The van der Waals surface area contributed by atoms with E-state index in [4.69, 9.17) is 0 Å². The second-order valence-electron chi connectivity index (χ2n) is 6.15. The zero-order valence-corrected chi connectivity index (χ0v) is 12.3. The molecule has 0 bridgehead atoms. The molecule has 4 rings (SSSR count). The largest absolute Gasteiger partial charge is 0.370 e. The number of piperidine rings is 2. The van der Waals surface area contributed by atoms with Gasteiger partial charge in [-0.05, 0) is 30.9 Å². The third-order valence-electron chi connectivity index (χ3n) is 4.95. The first kappa shape index (κ1) is 13.5. The number of pyridine rings is 1. The van der Waals surface area contributed by atoms with Gasteiger partial charge in [0.25, 0.3) is 0 Å². The average molecular weight is 299 g/mol. The molecule has 2 saturated heterocycles. The first-order valence-corrected chi connectivity index (χ1v) is 7.80. The van der Waals surface area contributed by atoms with Crippen LogP contribution in [-0.2, 0) is 4.79 Å². The maximum absolute atomic E-state index is 13.9. The number of carbonyl (C=O) groups excluding carboxylic acids is 1. The highest BCUT2D eigenvalue weighted by molar-refractivity contribution is 5.92. The molecule has 2 aliphatic heterocycles. The minimum absolute atomic E-state index is 0.0410. The van der Waals surface area contributed by atoms with Gasteiger partial charge in [0.05, 0.1) is 5.92 Å². The van der Waals surface area contributed by atoms with E-state index in [1.54, 1.807) is 12.3 Å². The molecule has 0 unspecified atom stereocenters. The van der Waals surface area contributed by atoms with Crippen molar-refractivity contribution >= 4 is 22.5 Å². The fourth-order valence-corrected chi connectivity index (χ4v) is 3.77. The maximum Gasteiger partial charge on any atom is 0.225 e. The molecule has 1 amide bonds. The van der Waals surface area contributed by atoms with E-state index in [1.165, 1.54) is 6.07 Å². The van der Waals surface area contributed by atoms with E-state index in [-0.39, 0.29) is 17.6 Å². The number of hydrogen-bond acceptors (Lipinski definition) is 3. The summed E-state index contributed by atoms with van der Waals surface area (Å²) in [6, 6.07) is 6.96. The predicted molar refractivity (Wildman–Crippen MR) is 83.1 cm³/mol. The lowest BCUT2D eigenvalue weighted by Gasteiger charge is -2.41. The van der Waals surface area contributed by atoms with Crippen molar-refractivity contribution in [2.45, 2.75) is 12.8 Å². The van der Waals surface area contributed by atoms with Gasteiger partial charge in [-0.15, -0.1) is 0 Å². The van der Waals surface area contributed by atoms with Gasteiger partial charge in [0.1, 0.15) is 11.3 Å². The number of rotatable bonds is 1. The molecule has 114 valence electrons. The van der Waals surface area contributed by atoms with Crippen LogP contribution in [0.5, 0.6) is 0 Å². The number of carbonyl (C=O) groups is 1. The van der Waals surface area contributed by atoms with Crippen LogP contribution >= 0.6 is 0 Å². The van der Waals surface area contributed by atoms with E-state index < -0.39 is 0 Å². The van der Waals surface area contributed by atoms with E-state index in [1.807, 2.05) is 12.1 Å². The number of nitrogens with zero attached hydrogens (tertiary/aromatic N) is 2. The summed E-state index contributed by atoms with van der Waals surface area (Å²) < 4.78 is 13.9. The molecule has 2 fully saturated rings. The van der Waals surface area contributed by atoms with Crippen LogP contribution in [0.25, 0.3) is 10.9 Å². The Labute approximate surface area is 128 Å². The lowest BCUT2D eigenvalue weighted by atomic mass is 9.80. The van der Waals surface area contributed by atoms with Crippen molar-refractivity contribution in [1.82, 2.24) is 10.3 Å². The summed E-state index contributed by atoms with van der Waals surface area (Å²) in [5.41, 5.74) is 1.37. The maximum atomic E-state index is 13.9. The van der Waals surface area contributed by atoms with Crippen molar-refractivity contribution in [1.29, 1.82) is 0 Å². The van der Waals surface area contributed by atoms with Gasteiger partial charge in [0.15, 0.2) is 0 Å². The molecule has 1 N–H and O–H groups in total. The highest BCUT2D eigenvalue weighted by Crippen LogP contribution is 2.34. The van der Waals surface area contributed by atoms with E-state index in [2.05, 4.69) is 15.2 Å². The van der Waals surface area contributed by atoms with Crippen molar-refractivity contribution in [3.63, 3.8) is 0 Å². The molecule has 0 radical (unpaired) electrons. The Bertz CT molecular complexity index is 733. The molecule has 1 aromatic carbocycles. The topological polar surface area (TPSA) is 45.2 Å². The number of para-hydroxylation sites is 1. The number of anilines is 1. The molecule has 0 spiro atoms. The highest BCUT2D eigenvalue weighted by atomic mass is 19.1. The van der Waals surface area contributed by atoms with Crippen LogP contribution in [-0.4, -0.2) is 30.5 Å². The van der Waals surface area contributed by atoms with Crippen LogP contribution in [0, 0.1) is 17.7 Å². The molecule has 0 saturated carbocycles. The fourth-order valence-electron chi connectivity index (χ4n) is 3.77. The van der Waals surface area contributed by atoms with E-state index >= 15 is 0 Å². The van der Waals surface area contributed by atoms with E-state index in [0.717, 1.165) is 37.0 Å². The van der Waals surface area contributed by atoms with Crippen LogP contribution < -0.4 is 10.2 Å². The molecule has 5 heteroatoms. The summed E-state index contributed by atoms with van der Waals surface area (Å²) in [7, 11) is 0. The lowest BCUT2D eigenvalue weighted by Crippen LogP contribution is -2.51. The summed E-state index contributed by atoms with van der Waals surface area (Å²) in [6.07, 6.45) is 3.72. The van der Waals surface area contributed by atoms with Gasteiger partial charge in [0, 0.05) is 36.9 Å². The minimum atomic E-state index is -0.301. The highest BCUT2D eigenvalue weighted by Gasteiger charge is 2.37. The Kier molecular flexibility index (Phi) is 3.21. The summed E-state index contributed by atoms with van der Waals surface area (Å²) in [5.74, 6) is 0.379. The predicted octanol–water partition coefficient (Wildman–Crippen LogP) is 2.34. The monoisotopic (exact) mass is 299 g/mol. The van der Waals surface area contributed by atoms with Crippen molar-refractivity contribution in [3.8, 4) is 0 Å². The van der Waals surface area contributed by atoms with Gasteiger partial charge in [0.2, 0.25) is 5.91 Å². The van der Waals surface area contributed by atoms with E-state index in [9.17, 15) is 9.18 Å². The van der Waals surface area contributed by atoms with Crippen molar-refractivity contribution in [3.05, 3.63) is 36.3 Å². The standard InChI is InChI=1S/C17H18FN3O/c18-14-3-1-2-12-15(5-8-19-16(12)14)21-9-6-11-4-7-20-17(22)13(11)10-21/h1-3,5,8,11,13H,4,6-7,9-10H2,(H,20,22)/t11-,13+/m0/s1. The fraction of sp³-hybridized carbons (Fsp3) is 0.412. The van der Waals surface area contributed by atoms with Crippen LogP contribution in [0.2, 0.25) is 0 Å². The molecular formula is C17H18FN3O. The zero-order chi connectivity index (χ0) is 15.1. The molecule has 3 heterocycles. The number of aromatic nitrogens is 1. The summed E-state index contributed by atoms with van der Waals surface area (Å²) >= 11 is 0. The molecule has 4 nitrogen and oxygen atoms in total. The van der Waals surface area contributed by atoms with Crippen LogP contribution in [0.1, 0.15) is 12.8 Å². The normalized spacial score (nSPS) is 25.0. The Morgan fingerprint density at radius 2 is 2.18 bits per heavy atom. The Hall–Kier alpha value is -2.17. The van der Waals surface area contributed by atoms with Crippen molar-refractivity contribution in [2.75, 3.05) is 24.5 Å². The SMILES string of the molecule is O=C1NCC[C@H]2CCN(c3ccnc4c(F)cccc34)C[C@@H]12. The molecule has 22 heavy (non-hydrogen) atoms. The first-order chi connectivity index (χ1) is 10.7. The number of amides is 1. The van der Waals surface area contributed by atoms with Crippen LogP contribution in [0.3, 0.4) is 0 Å². The Morgan fingerprint density at radius 3 is 3.09 bits per heavy atom. The van der Waals surface area contributed by atoms with Gasteiger partial charge >= 0.3 is 0 Å². The molecule has 0 aliphatic carbocycles. The first-order valence-electron chi connectivity index (χ1n) is 7.80. The molecule has 2 aliphatic rings. The number of fused-ring (bicyclic) bond motifs is 2. The quantitative estimate of drug-likeness (QED) is 0.879. The van der Waals surface area contributed by atoms with Crippen LogP contribution in [0.4, 0.5) is 10.1 Å². The molecule has 1 aromatic heterocycles. The lowest BCUT2D eigenvalue weighted by molar-refractivity contribution is -0.129.